The summed E-state index contributed by atoms with van der Waals surface area (Å²) in [6.07, 6.45) is 0. The average molecular weight is 260 g/mol. The molecule has 0 bridgehead atoms. The molecule has 3 nitrogen and oxygen atoms in total. The Morgan fingerprint density at radius 1 is 1.44 bits per heavy atom. The second kappa shape index (κ2) is 4.46. The Balaban J connectivity index is 1.94. The first-order valence-corrected chi connectivity index (χ1v) is 6.92. The van der Waals surface area contributed by atoms with E-state index in [1.807, 2.05) is 0 Å². The fraction of sp³-hybridized carbons (Fsp3) is 0.357. The molecule has 0 atom stereocenters. The molecular weight excluding hydrogens is 244 g/mol. The molecule has 0 amide bonds. The second-order valence-electron chi connectivity index (χ2n) is 4.88. The number of rotatable bonds is 3. The van der Waals surface area contributed by atoms with E-state index < -0.39 is 0 Å². The molecule has 1 fully saturated rings. The molecule has 1 saturated heterocycles. The van der Waals surface area contributed by atoms with Crippen molar-refractivity contribution in [3.05, 3.63) is 40.9 Å². The lowest BCUT2D eigenvalue weighted by atomic mass is 9.83. The smallest absolute Gasteiger partial charge is 0.123 e. The Labute approximate surface area is 111 Å². The zero-order chi connectivity index (χ0) is 12.6. The van der Waals surface area contributed by atoms with E-state index in [-0.39, 0.29) is 5.41 Å². The molecule has 0 aliphatic carbocycles. The third-order valence-electron chi connectivity index (χ3n) is 3.46. The zero-order valence-electron chi connectivity index (χ0n) is 10.3. The summed E-state index contributed by atoms with van der Waals surface area (Å²) in [5, 5.41) is 3.18. The zero-order valence-corrected chi connectivity index (χ0v) is 11.2. The van der Waals surface area contributed by atoms with Crippen LogP contribution in [0.15, 0.2) is 29.6 Å². The van der Waals surface area contributed by atoms with E-state index in [4.69, 9.17) is 15.5 Å². The predicted octanol–water partition coefficient (Wildman–Crippen LogP) is 2.35. The minimum Gasteiger partial charge on any atom is -0.379 e. The van der Waals surface area contributed by atoms with Gasteiger partial charge in [-0.15, -0.1) is 11.3 Å². The van der Waals surface area contributed by atoms with E-state index in [1.165, 1.54) is 11.1 Å². The number of aryl methyl sites for hydroxylation is 1. The van der Waals surface area contributed by atoms with E-state index in [2.05, 4.69) is 36.6 Å². The number of benzene rings is 1. The van der Waals surface area contributed by atoms with Crippen molar-refractivity contribution < 1.29 is 4.74 Å². The number of nitrogens with zero attached hydrogens (tertiary/aromatic N) is 1. The number of hydrogen-bond acceptors (Lipinski definition) is 4. The van der Waals surface area contributed by atoms with Crippen LogP contribution in [0.1, 0.15) is 11.3 Å². The topological polar surface area (TPSA) is 48.1 Å². The van der Waals surface area contributed by atoms with Crippen molar-refractivity contribution in [3.8, 4) is 10.6 Å². The number of hydrogen-bond donors (Lipinski definition) is 1. The summed E-state index contributed by atoms with van der Waals surface area (Å²) < 4.78 is 5.30. The first-order chi connectivity index (χ1) is 8.73. The van der Waals surface area contributed by atoms with Crippen molar-refractivity contribution in [1.82, 2.24) is 4.98 Å². The van der Waals surface area contributed by atoms with Gasteiger partial charge >= 0.3 is 0 Å². The van der Waals surface area contributed by atoms with Crippen LogP contribution in [0.3, 0.4) is 0 Å². The SMILES string of the molecule is Cc1cccc(-c2nc(C3(CN)COC3)cs2)c1. The lowest BCUT2D eigenvalue weighted by Gasteiger charge is -2.39. The molecule has 1 aromatic heterocycles. The molecule has 0 saturated carbocycles. The summed E-state index contributed by atoms with van der Waals surface area (Å²) in [5.74, 6) is 0. The van der Waals surface area contributed by atoms with Gasteiger partial charge in [-0.05, 0) is 13.0 Å². The van der Waals surface area contributed by atoms with Crippen LogP contribution in [0.4, 0.5) is 0 Å². The first-order valence-electron chi connectivity index (χ1n) is 6.04. The first kappa shape index (κ1) is 11.8. The van der Waals surface area contributed by atoms with E-state index in [1.54, 1.807) is 11.3 Å². The maximum Gasteiger partial charge on any atom is 0.123 e. The largest absolute Gasteiger partial charge is 0.379 e. The molecule has 1 aliphatic heterocycles. The lowest BCUT2D eigenvalue weighted by Crippen LogP contribution is -2.52. The van der Waals surface area contributed by atoms with Gasteiger partial charge < -0.3 is 10.5 Å². The van der Waals surface area contributed by atoms with Crippen LogP contribution in [0.2, 0.25) is 0 Å². The molecular formula is C14H16N2OS. The molecule has 18 heavy (non-hydrogen) atoms. The van der Waals surface area contributed by atoms with Crippen LogP contribution in [0, 0.1) is 6.92 Å². The summed E-state index contributed by atoms with van der Waals surface area (Å²) in [6, 6.07) is 8.42. The molecule has 1 aliphatic rings. The van der Waals surface area contributed by atoms with Crippen LogP contribution < -0.4 is 5.73 Å². The number of nitrogens with two attached hydrogens (primary N) is 1. The van der Waals surface area contributed by atoms with Crippen LogP contribution >= 0.6 is 11.3 Å². The Morgan fingerprint density at radius 2 is 2.28 bits per heavy atom. The summed E-state index contributed by atoms with van der Waals surface area (Å²) in [4.78, 5) is 4.75. The summed E-state index contributed by atoms with van der Waals surface area (Å²) in [6.45, 7) is 4.09. The van der Waals surface area contributed by atoms with Gasteiger partial charge in [0, 0.05) is 17.5 Å². The van der Waals surface area contributed by atoms with Gasteiger partial charge in [0.25, 0.3) is 0 Å². The molecule has 0 radical (unpaired) electrons. The van der Waals surface area contributed by atoms with Crippen molar-refractivity contribution in [1.29, 1.82) is 0 Å². The van der Waals surface area contributed by atoms with Crippen LogP contribution in [-0.4, -0.2) is 24.7 Å². The van der Waals surface area contributed by atoms with Crippen molar-refractivity contribution in [3.63, 3.8) is 0 Å². The second-order valence-corrected chi connectivity index (χ2v) is 5.74. The predicted molar refractivity (Wildman–Crippen MR) is 73.8 cm³/mol. The van der Waals surface area contributed by atoms with Crippen molar-refractivity contribution in [2.75, 3.05) is 19.8 Å². The molecule has 0 unspecified atom stereocenters. The quantitative estimate of drug-likeness (QED) is 0.921. The van der Waals surface area contributed by atoms with Gasteiger partial charge in [-0.25, -0.2) is 4.98 Å². The number of ether oxygens (including phenoxy) is 1. The summed E-state index contributed by atoms with van der Waals surface area (Å²) in [7, 11) is 0. The minimum absolute atomic E-state index is 0.0431. The average Bonchev–Trinajstić information content (AvgIpc) is 2.78. The molecule has 94 valence electrons. The van der Waals surface area contributed by atoms with E-state index >= 15 is 0 Å². The monoisotopic (exact) mass is 260 g/mol. The molecule has 3 rings (SSSR count). The van der Waals surface area contributed by atoms with Crippen LogP contribution in [-0.2, 0) is 10.2 Å². The van der Waals surface area contributed by atoms with E-state index in [9.17, 15) is 0 Å². The van der Waals surface area contributed by atoms with Gasteiger partial charge in [0.15, 0.2) is 0 Å². The normalized spacial score (nSPS) is 17.4. The highest BCUT2D eigenvalue weighted by molar-refractivity contribution is 7.13. The standard InChI is InChI=1S/C14H16N2OS/c1-10-3-2-4-11(5-10)13-16-12(6-18-13)14(7-15)8-17-9-14/h2-6H,7-9,15H2,1H3. The van der Waals surface area contributed by atoms with Gasteiger partial charge in [0.1, 0.15) is 5.01 Å². The maximum atomic E-state index is 5.86. The van der Waals surface area contributed by atoms with Crippen LogP contribution in [0.25, 0.3) is 10.6 Å². The highest BCUT2D eigenvalue weighted by atomic mass is 32.1. The van der Waals surface area contributed by atoms with Crippen molar-refractivity contribution in [2.45, 2.75) is 12.3 Å². The van der Waals surface area contributed by atoms with Crippen molar-refractivity contribution in [2.24, 2.45) is 5.73 Å². The maximum absolute atomic E-state index is 5.86. The van der Waals surface area contributed by atoms with Gasteiger partial charge in [0.05, 0.1) is 24.3 Å². The van der Waals surface area contributed by atoms with E-state index in [0.29, 0.717) is 19.8 Å². The Kier molecular flexibility index (Phi) is 2.93. The Morgan fingerprint density at radius 3 is 2.89 bits per heavy atom. The Bertz CT molecular complexity index is 555. The highest BCUT2D eigenvalue weighted by Gasteiger charge is 2.41. The third-order valence-corrected chi connectivity index (χ3v) is 4.35. The molecule has 1 aromatic carbocycles. The minimum atomic E-state index is -0.0431. The molecule has 2 heterocycles. The molecule has 2 N–H and O–H groups in total. The third kappa shape index (κ3) is 1.86. The summed E-state index contributed by atoms with van der Waals surface area (Å²) >= 11 is 1.68. The Hall–Kier alpha value is -1.23. The van der Waals surface area contributed by atoms with E-state index in [0.717, 1.165) is 10.7 Å². The number of thiazole rings is 1. The lowest BCUT2D eigenvalue weighted by molar-refractivity contribution is -0.0568. The van der Waals surface area contributed by atoms with Crippen molar-refractivity contribution >= 4 is 11.3 Å². The van der Waals surface area contributed by atoms with Gasteiger partial charge in [0.2, 0.25) is 0 Å². The molecule has 0 spiro atoms. The summed E-state index contributed by atoms with van der Waals surface area (Å²) in [5.41, 5.74) is 9.33. The van der Waals surface area contributed by atoms with Gasteiger partial charge in [-0.2, -0.15) is 0 Å². The molecule has 4 heteroatoms. The highest BCUT2D eigenvalue weighted by Crippen LogP contribution is 2.34. The number of aromatic nitrogens is 1. The van der Waals surface area contributed by atoms with Crippen LogP contribution in [0.5, 0.6) is 0 Å². The molecule has 2 aromatic rings. The fourth-order valence-electron chi connectivity index (χ4n) is 2.15. The van der Waals surface area contributed by atoms with Gasteiger partial charge in [-0.1, -0.05) is 23.8 Å². The fourth-order valence-corrected chi connectivity index (χ4v) is 3.09. The van der Waals surface area contributed by atoms with Gasteiger partial charge in [-0.3, -0.25) is 0 Å².